The number of hydrogen-bond acceptors (Lipinski definition) is 3. The SMILES string of the molecule is NCCc1cn(Cc2c(F)ccc(Br)c2F)nn1. The van der Waals surface area contributed by atoms with E-state index in [0.717, 1.165) is 0 Å². The first kappa shape index (κ1) is 13.1. The minimum absolute atomic E-state index is 0.00528. The van der Waals surface area contributed by atoms with Crippen molar-refractivity contribution in [3.05, 3.63) is 45.7 Å². The normalized spacial score (nSPS) is 10.9. The monoisotopic (exact) mass is 316 g/mol. The second-order valence-corrected chi connectivity index (χ2v) is 4.62. The highest BCUT2D eigenvalue weighted by molar-refractivity contribution is 9.10. The van der Waals surface area contributed by atoms with Gasteiger partial charge in [-0.1, -0.05) is 5.21 Å². The molecule has 0 amide bonds. The first-order valence-electron chi connectivity index (χ1n) is 5.33. The number of hydrogen-bond donors (Lipinski definition) is 1. The second-order valence-electron chi connectivity index (χ2n) is 3.77. The van der Waals surface area contributed by atoms with Gasteiger partial charge in [-0.25, -0.2) is 13.5 Å². The van der Waals surface area contributed by atoms with Crippen LogP contribution in [-0.4, -0.2) is 21.5 Å². The van der Waals surface area contributed by atoms with Crippen molar-refractivity contribution in [1.82, 2.24) is 15.0 Å². The molecule has 2 N–H and O–H groups in total. The minimum atomic E-state index is -0.620. The highest BCUT2D eigenvalue weighted by Gasteiger charge is 2.13. The topological polar surface area (TPSA) is 56.7 Å². The average molecular weight is 317 g/mol. The van der Waals surface area contributed by atoms with E-state index < -0.39 is 11.6 Å². The summed E-state index contributed by atoms with van der Waals surface area (Å²) < 4.78 is 28.9. The lowest BCUT2D eigenvalue weighted by Crippen LogP contribution is -2.06. The third-order valence-corrected chi connectivity index (χ3v) is 3.06. The van der Waals surface area contributed by atoms with Crippen LogP contribution in [0.5, 0.6) is 0 Å². The Morgan fingerprint density at radius 2 is 2.11 bits per heavy atom. The van der Waals surface area contributed by atoms with Crippen LogP contribution in [0.4, 0.5) is 8.78 Å². The van der Waals surface area contributed by atoms with Crippen molar-refractivity contribution >= 4 is 15.9 Å². The fraction of sp³-hybridized carbons (Fsp3) is 0.273. The first-order chi connectivity index (χ1) is 8.61. The molecular weight excluding hydrogens is 306 g/mol. The van der Waals surface area contributed by atoms with Crippen LogP contribution in [0.2, 0.25) is 0 Å². The summed E-state index contributed by atoms with van der Waals surface area (Å²) in [6, 6.07) is 2.54. The van der Waals surface area contributed by atoms with E-state index in [1.165, 1.54) is 16.8 Å². The molecule has 18 heavy (non-hydrogen) atoms. The molecule has 0 atom stereocenters. The van der Waals surface area contributed by atoms with Gasteiger partial charge in [0, 0.05) is 18.2 Å². The molecule has 1 heterocycles. The maximum absolute atomic E-state index is 13.7. The Kier molecular flexibility index (Phi) is 4.03. The number of benzene rings is 1. The maximum Gasteiger partial charge on any atom is 0.145 e. The molecule has 0 fully saturated rings. The molecule has 0 saturated heterocycles. The Bertz CT molecular complexity index is 556. The van der Waals surface area contributed by atoms with Crippen molar-refractivity contribution in [1.29, 1.82) is 0 Å². The fourth-order valence-electron chi connectivity index (χ4n) is 1.55. The van der Waals surface area contributed by atoms with Gasteiger partial charge >= 0.3 is 0 Å². The van der Waals surface area contributed by atoms with Crippen LogP contribution in [0.15, 0.2) is 22.8 Å². The molecule has 96 valence electrons. The van der Waals surface area contributed by atoms with Gasteiger partial charge < -0.3 is 5.73 Å². The first-order valence-corrected chi connectivity index (χ1v) is 6.12. The summed E-state index contributed by atoms with van der Waals surface area (Å²) in [5.74, 6) is -1.22. The van der Waals surface area contributed by atoms with Gasteiger partial charge in [0.2, 0.25) is 0 Å². The van der Waals surface area contributed by atoms with Crippen molar-refractivity contribution in [2.24, 2.45) is 5.73 Å². The molecular formula is C11H11BrF2N4. The van der Waals surface area contributed by atoms with Gasteiger partial charge in [-0.05, 0) is 34.6 Å². The minimum Gasteiger partial charge on any atom is -0.330 e. The number of nitrogens with two attached hydrogens (primary N) is 1. The Hall–Kier alpha value is -1.34. The summed E-state index contributed by atoms with van der Waals surface area (Å²) in [6.07, 6.45) is 2.22. The standard InChI is InChI=1S/C11H11BrF2N4/c12-9-1-2-10(13)8(11(9)14)6-18-5-7(3-4-15)16-17-18/h1-2,5H,3-4,6,15H2. The van der Waals surface area contributed by atoms with Gasteiger partial charge in [0.05, 0.1) is 16.7 Å². The van der Waals surface area contributed by atoms with E-state index in [9.17, 15) is 8.78 Å². The van der Waals surface area contributed by atoms with E-state index in [1.807, 2.05) is 0 Å². The zero-order valence-electron chi connectivity index (χ0n) is 9.41. The van der Waals surface area contributed by atoms with Gasteiger partial charge in [-0.2, -0.15) is 0 Å². The molecule has 1 aromatic heterocycles. The smallest absolute Gasteiger partial charge is 0.145 e. The summed E-state index contributed by atoms with van der Waals surface area (Å²) in [7, 11) is 0. The van der Waals surface area contributed by atoms with Gasteiger partial charge in [0.15, 0.2) is 0 Å². The van der Waals surface area contributed by atoms with E-state index in [1.54, 1.807) is 6.20 Å². The zero-order valence-corrected chi connectivity index (χ0v) is 11.0. The largest absolute Gasteiger partial charge is 0.330 e. The molecule has 0 bridgehead atoms. The molecule has 0 saturated carbocycles. The number of rotatable bonds is 4. The molecule has 0 aliphatic rings. The predicted octanol–water partition coefficient (Wildman–Crippen LogP) is 1.87. The van der Waals surface area contributed by atoms with Gasteiger partial charge in [-0.3, -0.25) is 0 Å². The van der Waals surface area contributed by atoms with Crippen LogP contribution in [0.1, 0.15) is 11.3 Å². The number of aromatic nitrogens is 3. The molecule has 0 aliphatic heterocycles. The van der Waals surface area contributed by atoms with E-state index in [-0.39, 0.29) is 16.6 Å². The summed E-state index contributed by atoms with van der Waals surface area (Å²) in [5.41, 5.74) is 6.04. The molecule has 2 aromatic rings. The summed E-state index contributed by atoms with van der Waals surface area (Å²) >= 11 is 3.02. The average Bonchev–Trinajstić information content (AvgIpc) is 2.78. The van der Waals surface area contributed by atoms with Crippen LogP contribution < -0.4 is 5.73 Å². The highest BCUT2D eigenvalue weighted by Crippen LogP contribution is 2.22. The summed E-state index contributed by atoms with van der Waals surface area (Å²) in [5, 5.41) is 7.66. The van der Waals surface area contributed by atoms with Crippen LogP contribution in [-0.2, 0) is 13.0 Å². The van der Waals surface area contributed by atoms with Crippen molar-refractivity contribution in [2.45, 2.75) is 13.0 Å². The third-order valence-electron chi connectivity index (χ3n) is 2.45. The predicted molar refractivity (Wildman–Crippen MR) is 65.9 cm³/mol. The van der Waals surface area contributed by atoms with Crippen molar-refractivity contribution in [3.8, 4) is 0 Å². The summed E-state index contributed by atoms with van der Waals surface area (Å²) in [6.45, 7) is 0.451. The molecule has 7 heteroatoms. The fourth-order valence-corrected chi connectivity index (χ4v) is 1.93. The lowest BCUT2D eigenvalue weighted by atomic mass is 10.2. The van der Waals surface area contributed by atoms with E-state index >= 15 is 0 Å². The lowest BCUT2D eigenvalue weighted by Gasteiger charge is -2.05. The second kappa shape index (κ2) is 5.53. The molecule has 2 rings (SSSR count). The van der Waals surface area contributed by atoms with Gasteiger partial charge in [0.1, 0.15) is 11.6 Å². The van der Waals surface area contributed by atoms with E-state index in [0.29, 0.717) is 18.7 Å². The molecule has 0 radical (unpaired) electrons. The Balaban J connectivity index is 2.25. The third kappa shape index (κ3) is 2.73. The van der Waals surface area contributed by atoms with Crippen LogP contribution in [0.3, 0.4) is 0 Å². The van der Waals surface area contributed by atoms with Crippen molar-refractivity contribution in [3.63, 3.8) is 0 Å². The van der Waals surface area contributed by atoms with Crippen LogP contribution in [0, 0.1) is 11.6 Å². The Labute approximate surface area is 111 Å². The van der Waals surface area contributed by atoms with E-state index in [4.69, 9.17) is 5.73 Å². The van der Waals surface area contributed by atoms with Crippen LogP contribution in [0.25, 0.3) is 0 Å². The van der Waals surface area contributed by atoms with Gasteiger partial charge in [0.25, 0.3) is 0 Å². The van der Waals surface area contributed by atoms with E-state index in [2.05, 4.69) is 26.2 Å². The van der Waals surface area contributed by atoms with Gasteiger partial charge in [-0.15, -0.1) is 5.10 Å². The van der Waals surface area contributed by atoms with Crippen molar-refractivity contribution < 1.29 is 8.78 Å². The molecule has 1 aromatic carbocycles. The van der Waals surface area contributed by atoms with Crippen molar-refractivity contribution in [2.75, 3.05) is 6.54 Å². The molecule has 4 nitrogen and oxygen atoms in total. The Morgan fingerprint density at radius 1 is 1.33 bits per heavy atom. The molecule has 0 unspecified atom stereocenters. The lowest BCUT2D eigenvalue weighted by molar-refractivity contribution is 0.524. The van der Waals surface area contributed by atoms with Crippen LogP contribution >= 0.6 is 15.9 Å². The molecule has 0 spiro atoms. The maximum atomic E-state index is 13.7. The number of nitrogens with zero attached hydrogens (tertiary/aromatic N) is 3. The quantitative estimate of drug-likeness (QED) is 0.876. The summed E-state index contributed by atoms with van der Waals surface area (Å²) in [4.78, 5) is 0. The highest BCUT2D eigenvalue weighted by atomic mass is 79.9. The molecule has 0 aliphatic carbocycles. The number of halogens is 3. The zero-order chi connectivity index (χ0) is 13.1. The Morgan fingerprint density at radius 3 is 2.83 bits per heavy atom.